The van der Waals surface area contributed by atoms with Gasteiger partial charge in [0.05, 0.1) is 24.4 Å². The highest BCUT2D eigenvalue weighted by atomic mass is 19.1. The molecule has 1 aromatic carbocycles. The van der Waals surface area contributed by atoms with Gasteiger partial charge in [0.15, 0.2) is 0 Å². The molecule has 3 aliphatic rings. The third-order valence-electron chi connectivity index (χ3n) is 6.47. The molecule has 2 heterocycles. The lowest BCUT2D eigenvalue weighted by Gasteiger charge is -2.41. The van der Waals surface area contributed by atoms with Gasteiger partial charge in [0.25, 0.3) is 0 Å². The number of fused-ring (bicyclic) bond motifs is 1. The highest BCUT2D eigenvalue weighted by Gasteiger charge is 2.39. The Kier molecular flexibility index (Phi) is 6.38. The van der Waals surface area contributed by atoms with E-state index in [2.05, 4.69) is 24.0 Å². The second-order valence-corrected chi connectivity index (χ2v) is 9.77. The van der Waals surface area contributed by atoms with Crippen molar-refractivity contribution < 1.29 is 19.0 Å². The average Bonchev–Trinajstić information content (AvgIpc) is 3.22. The summed E-state index contributed by atoms with van der Waals surface area (Å²) in [6, 6.07) is 6.80. The SMILES string of the molecule is CC(C)(O)CCOC1=CCC2(C)OCC(CN3CCCC3)=C(c3ccc(F)cc3)C2=C1. The fourth-order valence-electron chi connectivity index (χ4n) is 4.57. The fraction of sp³-hybridized carbons (Fsp3) is 0.538. The zero-order chi connectivity index (χ0) is 22.1. The molecule has 1 atom stereocenters. The molecular weight excluding hydrogens is 393 g/mol. The van der Waals surface area contributed by atoms with Crippen molar-refractivity contribution >= 4 is 5.57 Å². The number of likely N-dealkylation sites (tertiary alicyclic amines) is 1. The van der Waals surface area contributed by atoms with Crippen LogP contribution in [0.15, 0.2) is 53.3 Å². The molecule has 1 aliphatic carbocycles. The van der Waals surface area contributed by atoms with E-state index < -0.39 is 11.2 Å². The van der Waals surface area contributed by atoms with Crippen molar-refractivity contribution in [3.05, 3.63) is 64.7 Å². The molecule has 1 unspecified atom stereocenters. The van der Waals surface area contributed by atoms with Crippen LogP contribution in [0.3, 0.4) is 0 Å². The lowest BCUT2D eigenvalue weighted by Crippen LogP contribution is -2.40. The molecular formula is C26H34FNO3. The lowest BCUT2D eigenvalue weighted by atomic mass is 9.77. The van der Waals surface area contributed by atoms with E-state index in [0.29, 0.717) is 19.6 Å². The van der Waals surface area contributed by atoms with Crippen molar-refractivity contribution in [2.75, 3.05) is 32.8 Å². The van der Waals surface area contributed by atoms with Crippen molar-refractivity contribution in [2.24, 2.45) is 0 Å². The zero-order valence-electron chi connectivity index (χ0n) is 18.9. The van der Waals surface area contributed by atoms with Gasteiger partial charge in [0.2, 0.25) is 0 Å². The van der Waals surface area contributed by atoms with Crippen molar-refractivity contribution in [1.29, 1.82) is 0 Å². The standard InChI is InChI=1S/C26H34FNO3/c1-25(2,29)12-15-30-22-10-11-26(3)23(16-22)24(19-6-8-21(27)9-7-19)20(18-31-26)17-28-13-4-5-14-28/h6-10,16,29H,4-5,11-15,17-18H2,1-3H3. The smallest absolute Gasteiger partial charge is 0.123 e. The average molecular weight is 428 g/mol. The number of benzene rings is 1. The molecule has 4 nitrogen and oxygen atoms in total. The van der Waals surface area contributed by atoms with Crippen LogP contribution in [0.5, 0.6) is 0 Å². The summed E-state index contributed by atoms with van der Waals surface area (Å²) in [5, 5.41) is 9.98. The number of hydrogen-bond donors (Lipinski definition) is 1. The highest BCUT2D eigenvalue weighted by molar-refractivity contribution is 5.85. The van der Waals surface area contributed by atoms with Gasteiger partial charge in [-0.15, -0.1) is 0 Å². The van der Waals surface area contributed by atoms with Gasteiger partial charge >= 0.3 is 0 Å². The maximum atomic E-state index is 13.7. The van der Waals surface area contributed by atoms with Crippen LogP contribution in [0, 0.1) is 5.82 Å². The van der Waals surface area contributed by atoms with Crippen LogP contribution >= 0.6 is 0 Å². The van der Waals surface area contributed by atoms with Gasteiger partial charge in [-0.1, -0.05) is 12.1 Å². The Morgan fingerprint density at radius 3 is 2.58 bits per heavy atom. The van der Waals surface area contributed by atoms with E-state index in [1.807, 2.05) is 12.1 Å². The molecule has 0 saturated carbocycles. The molecule has 31 heavy (non-hydrogen) atoms. The molecule has 0 bridgehead atoms. The number of rotatable bonds is 7. The molecule has 4 rings (SSSR count). The van der Waals surface area contributed by atoms with E-state index >= 15 is 0 Å². The number of halogens is 1. The molecule has 168 valence electrons. The van der Waals surface area contributed by atoms with Crippen LogP contribution in [0.1, 0.15) is 52.0 Å². The molecule has 1 fully saturated rings. The minimum atomic E-state index is -0.757. The number of allylic oxidation sites excluding steroid dienone is 1. The van der Waals surface area contributed by atoms with E-state index in [1.165, 1.54) is 30.5 Å². The van der Waals surface area contributed by atoms with Crippen molar-refractivity contribution in [1.82, 2.24) is 4.90 Å². The summed E-state index contributed by atoms with van der Waals surface area (Å²) >= 11 is 0. The summed E-state index contributed by atoms with van der Waals surface area (Å²) in [4.78, 5) is 2.48. The van der Waals surface area contributed by atoms with E-state index in [0.717, 1.165) is 48.5 Å². The van der Waals surface area contributed by atoms with Gasteiger partial charge in [-0.2, -0.15) is 0 Å². The van der Waals surface area contributed by atoms with Gasteiger partial charge in [-0.3, -0.25) is 4.90 Å². The third-order valence-corrected chi connectivity index (χ3v) is 6.47. The van der Waals surface area contributed by atoms with Gasteiger partial charge in [-0.05, 0) is 93.3 Å². The highest BCUT2D eigenvalue weighted by Crippen LogP contribution is 2.45. The van der Waals surface area contributed by atoms with E-state index in [1.54, 1.807) is 13.8 Å². The number of hydrogen-bond acceptors (Lipinski definition) is 4. The topological polar surface area (TPSA) is 41.9 Å². The summed E-state index contributed by atoms with van der Waals surface area (Å²) in [5.74, 6) is 0.579. The predicted molar refractivity (Wildman–Crippen MR) is 121 cm³/mol. The molecule has 0 amide bonds. The monoisotopic (exact) mass is 427 g/mol. The Balaban J connectivity index is 1.68. The number of nitrogens with zero attached hydrogens (tertiary/aromatic N) is 1. The summed E-state index contributed by atoms with van der Waals surface area (Å²) < 4.78 is 26.1. The Morgan fingerprint density at radius 2 is 1.90 bits per heavy atom. The summed E-state index contributed by atoms with van der Waals surface area (Å²) in [5.41, 5.74) is 3.34. The molecule has 5 heteroatoms. The van der Waals surface area contributed by atoms with Gasteiger partial charge < -0.3 is 14.6 Å². The van der Waals surface area contributed by atoms with Gasteiger partial charge in [0, 0.05) is 19.4 Å². The van der Waals surface area contributed by atoms with Crippen LogP contribution in [0.25, 0.3) is 5.57 Å². The number of ether oxygens (including phenoxy) is 2. The summed E-state index contributed by atoms with van der Waals surface area (Å²) in [6.07, 6.45) is 7.91. The maximum Gasteiger partial charge on any atom is 0.123 e. The summed E-state index contributed by atoms with van der Waals surface area (Å²) in [6.45, 7) is 9.83. The van der Waals surface area contributed by atoms with Crippen LogP contribution in [0.2, 0.25) is 0 Å². The molecule has 1 saturated heterocycles. The number of aliphatic hydroxyl groups is 1. The van der Waals surface area contributed by atoms with Gasteiger partial charge in [0.1, 0.15) is 11.6 Å². The van der Waals surface area contributed by atoms with Crippen LogP contribution in [0.4, 0.5) is 4.39 Å². The fourth-order valence-corrected chi connectivity index (χ4v) is 4.57. The van der Waals surface area contributed by atoms with Crippen LogP contribution in [-0.2, 0) is 9.47 Å². The Bertz CT molecular complexity index is 888. The Morgan fingerprint density at radius 1 is 1.19 bits per heavy atom. The normalized spacial score (nSPS) is 24.7. The van der Waals surface area contributed by atoms with E-state index in [4.69, 9.17) is 9.47 Å². The van der Waals surface area contributed by atoms with E-state index in [-0.39, 0.29) is 5.82 Å². The molecule has 1 aromatic rings. The minimum absolute atomic E-state index is 0.228. The first kappa shape index (κ1) is 22.3. The minimum Gasteiger partial charge on any atom is -0.494 e. The lowest BCUT2D eigenvalue weighted by molar-refractivity contribution is 0.00445. The summed E-state index contributed by atoms with van der Waals surface area (Å²) in [7, 11) is 0. The first-order chi connectivity index (χ1) is 14.7. The molecule has 0 aromatic heterocycles. The second kappa shape index (κ2) is 8.89. The second-order valence-electron chi connectivity index (χ2n) is 9.77. The molecule has 0 spiro atoms. The van der Waals surface area contributed by atoms with Gasteiger partial charge in [-0.25, -0.2) is 4.39 Å². The molecule has 2 aliphatic heterocycles. The van der Waals surface area contributed by atoms with Crippen LogP contribution in [-0.4, -0.2) is 54.1 Å². The quantitative estimate of drug-likeness (QED) is 0.675. The van der Waals surface area contributed by atoms with E-state index in [9.17, 15) is 9.50 Å². The first-order valence-corrected chi connectivity index (χ1v) is 11.4. The molecule has 0 radical (unpaired) electrons. The zero-order valence-corrected chi connectivity index (χ0v) is 18.9. The first-order valence-electron chi connectivity index (χ1n) is 11.4. The maximum absolute atomic E-state index is 13.7. The Hall–Kier alpha value is -1.95. The Labute approximate surface area is 185 Å². The largest absolute Gasteiger partial charge is 0.494 e. The van der Waals surface area contributed by atoms with Crippen molar-refractivity contribution in [3.63, 3.8) is 0 Å². The third kappa shape index (κ3) is 5.28. The van der Waals surface area contributed by atoms with Crippen molar-refractivity contribution in [3.8, 4) is 0 Å². The predicted octanol–water partition coefficient (Wildman–Crippen LogP) is 4.86. The van der Waals surface area contributed by atoms with Crippen molar-refractivity contribution in [2.45, 2.75) is 57.7 Å². The molecule has 1 N–H and O–H groups in total. The van der Waals surface area contributed by atoms with Crippen LogP contribution < -0.4 is 0 Å².